The van der Waals surface area contributed by atoms with Crippen LogP contribution in [0.1, 0.15) is 41.2 Å². The monoisotopic (exact) mass is 360 g/mol. The van der Waals surface area contributed by atoms with Crippen LogP contribution in [0.5, 0.6) is 0 Å². The first kappa shape index (κ1) is 16.3. The average molecular weight is 361 g/mol. The molecule has 0 aliphatic heterocycles. The third kappa shape index (κ3) is 2.93. The number of esters is 1. The van der Waals surface area contributed by atoms with Gasteiger partial charge in [-0.1, -0.05) is 6.92 Å². The maximum atomic E-state index is 12.1. The molecule has 114 valence electrons. The van der Waals surface area contributed by atoms with E-state index in [0.29, 0.717) is 24.2 Å². The molecule has 0 fully saturated rings. The van der Waals surface area contributed by atoms with Crippen molar-refractivity contribution < 1.29 is 9.53 Å². The van der Waals surface area contributed by atoms with Crippen LogP contribution in [0, 0.1) is 18.3 Å². The first-order valence-electron chi connectivity index (χ1n) is 7.11. The zero-order valence-corrected chi connectivity index (χ0v) is 14.4. The Morgan fingerprint density at radius 1 is 1.36 bits per heavy atom. The number of nitriles is 1. The van der Waals surface area contributed by atoms with Gasteiger partial charge in [0.05, 0.1) is 29.5 Å². The molecular formula is C17H17BrN2O2. The van der Waals surface area contributed by atoms with Gasteiger partial charge in [-0.3, -0.25) is 0 Å². The van der Waals surface area contributed by atoms with E-state index in [9.17, 15) is 4.79 Å². The van der Waals surface area contributed by atoms with E-state index < -0.39 is 0 Å². The lowest BCUT2D eigenvalue weighted by atomic mass is 10.2. The predicted octanol–water partition coefficient (Wildman–Crippen LogP) is 4.16. The van der Waals surface area contributed by atoms with Crippen LogP contribution >= 0.6 is 15.9 Å². The maximum absolute atomic E-state index is 12.1. The van der Waals surface area contributed by atoms with E-state index in [-0.39, 0.29) is 5.97 Å². The molecule has 0 N–H and O–H groups in total. The van der Waals surface area contributed by atoms with Crippen LogP contribution < -0.4 is 0 Å². The van der Waals surface area contributed by atoms with Crippen LogP contribution in [0.15, 0.2) is 28.7 Å². The molecule has 1 aromatic carbocycles. The number of hydrogen-bond acceptors (Lipinski definition) is 3. The number of aryl methyl sites for hydroxylation is 1. The molecule has 0 saturated heterocycles. The van der Waals surface area contributed by atoms with Gasteiger partial charge >= 0.3 is 5.97 Å². The van der Waals surface area contributed by atoms with Crippen molar-refractivity contribution in [2.45, 2.75) is 27.2 Å². The van der Waals surface area contributed by atoms with Crippen molar-refractivity contribution in [1.29, 1.82) is 5.26 Å². The highest BCUT2D eigenvalue weighted by Gasteiger charge is 2.20. The standard InChI is InChI=1S/C17H17BrN2O2/c1-4-15-13(17(21)22-5-2)8-11(3)20(15)16-7-6-12(10-19)9-14(16)18/h6-9H,4-5H2,1-3H3. The highest BCUT2D eigenvalue weighted by atomic mass is 79.9. The minimum Gasteiger partial charge on any atom is -0.462 e. The van der Waals surface area contributed by atoms with E-state index in [0.717, 1.165) is 21.5 Å². The molecule has 0 aliphatic rings. The van der Waals surface area contributed by atoms with Crippen molar-refractivity contribution >= 4 is 21.9 Å². The van der Waals surface area contributed by atoms with Gasteiger partial charge < -0.3 is 9.30 Å². The van der Waals surface area contributed by atoms with Crippen LogP contribution in [0.3, 0.4) is 0 Å². The fourth-order valence-corrected chi connectivity index (χ4v) is 3.07. The number of halogens is 1. The van der Waals surface area contributed by atoms with Crippen molar-refractivity contribution in [3.63, 3.8) is 0 Å². The van der Waals surface area contributed by atoms with Crippen molar-refractivity contribution in [2.75, 3.05) is 6.61 Å². The Labute approximate surface area is 138 Å². The number of nitrogens with zero attached hydrogens (tertiary/aromatic N) is 2. The van der Waals surface area contributed by atoms with Gasteiger partial charge in [0, 0.05) is 15.9 Å². The van der Waals surface area contributed by atoms with Crippen molar-refractivity contribution in [2.24, 2.45) is 0 Å². The zero-order chi connectivity index (χ0) is 16.3. The maximum Gasteiger partial charge on any atom is 0.339 e. The van der Waals surface area contributed by atoms with Gasteiger partial charge in [0.2, 0.25) is 0 Å². The molecule has 0 atom stereocenters. The van der Waals surface area contributed by atoms with Crippen LogP contribution in [-0.2, 0) is 11.2 Å². The van der Waals surface area contributed by atoms with Crippen molar-refractivity contribution in [3.8, 4) is 11.8 Å². The Kier molecular flexibility index (Phi) is 5.04. The topological polar surface area (TPSA) is 55.0 Å². The molecule has 4 nitrogen and oxygen atoms in total. The van der Waals surface area contributed by atoms with Gasteiger partial charge in [-0.15, -0.1) is 0 Å². The second-order valence-electron chi connectivity index (χ2n) is 4.83. The van der Waals surface area contributed by atoms with Crippen LogP contribution in [0.4, 0.5) is 0 Å². The fourth-order valence-electron chi connectivity index (χ4n) is 2.52. The summed E-state index contributed by atoms with van der Waals surface area (Å²) in [5.41, 5.74) is 3.94. The highest BCUT2D eigenvalue weighted by molar-refractivity contribution is 9.10. The number of aromatic nitrogens is 1. The third-order valence-corrected chi connectivity index (χ3v) is 4.07. The van der Waals surface area contributed by atoms with Crippen molar-refractivity contribution in [3.05, 3.63) is 51.3 Å². The van der Waals surface area contributed by atoms with Crippen LogP contribution in [0.2, 0.25) is 0 Å². The number of carbonyl (C=O) groups excluding carboxylic acids is 1. The second-order valence-corrected chi connectivity index (χ2v) is 5.69. The Balaban J connectivity index is 2.61. The summed E-state index contributed by atoms with van der Waals surface area (Å²) in [6.45, 7) is 6.11. The summed E-state index contributed by atoms with van der Waals surface area (Å²) >= 11 is 3.51. The largest absolute Gasteiger partial charge is 0.462 e. The Morgan fingerprint density at radius 3 is 2.64 bits per heavy atom. The van der Waals surface area contributed by atoms with E-state index in [1.54, 1.807) is 19.1 Å². The lowest BCUT2D eigenvalue weighted by molar-refractivity contribution is 0.0525. The van der Waals surface area contributed by atoms with E-state index in [1.807, 2.05) is 30.5 Å². The third-order valence-electron chi connectivity index (χ3n) is 3.43. The Hall–Kier alpha value is -2.06. The number of rotatable bonds is 4. The Bertz CT molecular complexity index is 757. The van der Waals surface area contributed by atoms with E-state index in [2.05, 4.69) is 22.0 Å². The second kappa shape index (κ2) is 6.80. The van der Waals surface area contributed by atoms with Crippen LogP contribution in [-0.4, -0.2) is 17.1 Å². The molecule has 0 spiro atoms. The highest BCUT2D eigenvalue weighted by Crippen LogP contribution is 2.28. The van der Waals surface area contributed by atoms with Gasteiger partial charge in [0.1, 0.15) is 0 Å². The summed E-state index contributed by atoms with van der Waals surface area (Å²) in [6, 6.07) is 9.39. The molecule has 0 unspecified atom stereocenters. The van der Waals surface area contributed by atoms with Gasteiger partial charge in [-0.05, 0) is 60.5 Å². The van der Waals surface area contributed by atoms with Crippen molar-refractivity contribution in [1.82, 2.24) is 4.57 Å². The van der Waals surface area contributed by atoms with E-state index in [1.165, 1.54) is 0 Å². The lowest BCUT2D eigenvalue weighted by Gasteiger charge is -2.13. The molecule has 1 heterocycles. The zero-order valence-electron chi connectivity index (χ0n) is 12.8. The number of ether oxygens (including phenoxy) is 1. The van der Waals surface area contributed by atoms with Gasteiger partial charge in [-0.25, -0.2) is 4.79 Å². The lowest BCUT2D eigenvalue weighted by Crippen LogP contribution is -2.09. The molecule has 1 aromatic heterocycles. The molecule has 0 saturated carbocycles. The molecule has 22 heavy (non-hydrogen) atoms. The molecule has 0 radical (unpaired) electrons. The fraction of sp³-hybridized carbons (Fsp3) is 0.294. The van der Waals surface area contributed by atoms with E-state index >= 15 is 0 Å². The molecular weight excluding hydrogens is 344 g/mol. The predicted molar refractivity (Wildman–Crippen MR) is 88.3 cm³/mol. The molecule has 5 heteroatoms. The summed E-state index contributed by atoms with van der Waals surface area (Å²) in [5.74, 6) is -0.300. The quantitative estimate of drug-likeness (QED) is 0.769. The molecule has 2 rings (SSSR count). The minimum absolute atomic E-state index is 0.300. The molecule has 0 aliphatic carbocycles. The van der Waals surface area contributed by atoms with Gasteiger partial charge in [-0.2, -0.15) is 5.26 Å². The van der Waals surface area contributed by atoms with E-state index in [4.69, 9.17) is 10.00 Å². The minimum atomic E-state index is -0.300. The number of carbonyl (C=O) groups is 1. The summed E-state index contributed by atoms with van der Waals surface area (Å²) in [7, 11) is 0. The normalized spacial score (nSPS) is 10.3. The number of benzene rings is 1. The summed E-state index contributed by atoms with van der Waals surface area (Å²) < 4.78 is 7.97. The van der Waals surface area contributed by atoms with Gasteiger partial charge in [0.15, 0.2) is 0 Å². The smallest absolute Gasteiger partial charge is 0.339 e. The Morgan fingerprint density at radius 2 is 2.09 bits per heavy atom. The molecule has 0 amide bonds. The van der Waals surface area contributed by atoms with Gasteiger partial charge in [0.25, 0.3) is 0 Å². The first-order chi connectivity index (χ1) is 10.5. The number of hydrogen-bond donors (Lipinski definition) is 0. The first-order valence-corrected chi connectivity index (χ1v) is 7.91. The average Bonchev–Trinajstić information content (AvgIpc) is 2.84. The summed E-state index contributed by atoms with van der Waals surface area (Å²) in [5, 5.41) is 8.98. The SMILES string of the molecule is CCOC(=O)c1cc(C)n(-c2ccc(C#N)cc2Br)c1CC. The summed E-state index contributed by atoms with van der Waals surface area (Å²) in [4.78, 5) is 12.1. The summed E-state index contributed by atoms with van der Waals surface area (Å²) in [6.07, 6.45) is 0.703. The van der Waals surface area contributed by atoms with Crippen LogP contribution in [0.25, 0.3) is 5.69 Å². The molecule has 2 aromatic rings. The molecule has 0 bridgehead atoms.